The van der Waals surface area contributed by atoms with Crippen molar-refractivity contribution in [2.45, 2.75) is 13.0 Å². The summed E-state index contributed by atoms with van der Waals surface area (Å²) in [6, 6.07) is 32.3. The summed E-state index contributed by atoms with van der Waals surface area (Å²) < 4.78 is 0. The molecule has 0 bridgehead atoms. The smallest absolute Gasteiger partial charge is 0.0575 e. The summed E-state index contributed by atoms with van der Waals surface area (Å²) in [4.78, 5) is 4.89. The van der Waals surface area contributed by atoms with Gasteiger partial charge in [-0.1, -0.05) is 109 Å². The lowest BCUT2D eigenvalue weighted by atomic mass is 10.0. The lowest BCUT2D eigenvalue weighted by Gasteiger charge is -2.27. The van der Waals surface area contributed by atoms with Gasteiger partial charge in [0.15, 0.2) is 0 Å². The van der Waals surface area contributed by atoms with E-state index >= 15 is 0 Å². The molecule has 0 amide bonds. The molecule has 28 heavy (non-hydrogen) atoms. The normalized spacial score (nSPS) is 17.2. The molecule has 0 N–H and O–H groups in total. The van der Waals surface area contributed by atoms with Crippen molar-refractivity contribution in [3.05, 3.63) is 120 Å². The number of benzene rings is 3. The van der Waals surface area contributed by atoms with Crippen LogP contribution in [0.5, 0.6) is 0 Å². The van der Waals surface area contributed by atoms with Crippen LogP contribution in [0.25, 0.3) is 0 Å². The van der Waals surface area contributed by atoms with Crippen molar-refractivity contribution in [3.63, 3.8) is 0 Å². The molecule has 2 atom stereocenters. The minimum absolute atomic E-state index is 0.197. The molecule has 138 valence electrons. The highest BCUT2D eigenvalue weighted by atomic mass is 31.1. The fraction of sp³-hybridized carbons (Fsp3) is 0.115. The quantitative estimate of drug-likeness (QED) is 0.384. The molecule has 2 heteroatoms. The molecule has 4 rings (SSSR count). The average molecular weight is 381 g/mol. The Bertz CT molecular complexity index is 935. The van der Waals surface area contributed by atoms with Crippen LogP contribution >= 0.6 is 7.92 Å². The van der Waals surface area contributed by atoms with E-state index < -0.39 is 7.92 Å². The van der Waals surface area contributed by atoms with Gasteiger partial charge in [-0.25, -0.2) is 0 Å². The van der Waals surface area contributed by atoms with Crippen LogP contribution in [0.2, 0.25) is 0 Å². The molecule has 0 fully saturated rings. The third kappa shape index (κ3) is 4.21. The van der Waals surface area contributed by atoms with Gasteiger partial charge in [-0.05, 0) is 36.3 Å². The molecule has 0 saturated carbocycles. The van der Waals surface area contributed by atoms with Crippen LogP contribution in [0.4, 0.5) is 0 Å². The maximum absolute atomic E-state index is 4.89. The molecule has 0 radical (unpaired) electrons. The average Bonchev–Trinajstić information content (AvgIpc) is 3.24. The van der Waals surface area contributed by atoms with E-state index in [-0.39, 0.29) is 6.04 Å². The Morgan fingerprint density at radius 2 is 1.32 bits per heavy atom. The van der Waals surface area contributed by atoms with Crippen molar-refractivity contribution in [2.75, 3.05) is 0 Å². The molecule has 3 aromatic rings. The minimum atomic E-state index is -0.564. The fourth-order valence-corrected chi connectivity index (χ4v) is 6.22. The predicted octanol–water partition coefficient (Wildman–Crippen LogP) is 5.70. The number of rotatable bonds is 6. The van der Waals surface area contributed by atoms with Gasteiger partial charge in [0.2, 0.25) is 0 Å². The predicted molar refractivity (Wildman–Crippen MR) is 123 cm³/mol. The molecule has 0 spiro atoms. The molecular weight excluding hydrogens is 357 g/mol. The highest BCUT2D eigenvalue weighted by Crippen LogP contribution is 2.50. The number of nitrogens with zero attached hydrogens (tertiary/aromatic N) is 1. The summed E-state index contributed by atoms with van der Waals surface area (Å²) in [6.07, 6.45) is 8.83. The molecule has 1 unspecified atom stereocenters. The van der Waals surface area contributed by atoms with E-state index in [1.54, 1.807) is 0 Å². The molecule has 3 aromatic carbocycles. The Balaban J connectivity index is 1.64. The van der Waals surface area contributed by atoms with Crippen molar-refractivity contribution in [1.82, 2.24) is 0 Å². The number of hydrogen-bond donors (Lipinski definition) is 0. The SMILES string of the molecule is C[C@@H](N=Cc1ccccc1)C1C=CC=C1P(c1ccccc1)c1ccccc1. The van der Waals surface area contributed by atoms with Gasteiger partial charge in [-0.15, -0.1) is 0 Å². The summed E-state index contributed by atoms with van der Waals surface area (Å²) >= 11 is 0. The van der Waals surface area contributed by atoms with E-state index in [1.807, 2.05) is 12.3 Å². The van der Waals surface area contributed by atoms with Crippen LogP contribution in [0, 0.1) is 5.92 Å². The molecule has 0 heterocycles. The number of allylic oxidation sites excluding steroid dienone is 2. The second kappa shape index (κ2) is 8.95. The monoisotopic (exact) mass is 381 g/mol. The van der Waals surface area contributed by atoms with Crippen molar-refractivity contribution in [1.29, 1.82) is 0 Å². The van der Waals surface area contributed by atoms with Gasteiger partial charge in [0, 0.05) is 12.1 Å². The van der Waals surface area contributed by atoms with Gasteiger partial charge >= 0.3 is 0 Å². The fourth-order valence-electron chi connectivity index (χ4n) is 3.55. The summed E-state index contributed by atoms with van der Waals surface area (Å²) in [7, 11) is -0.564. The highest BCUT2D eigenvalue weighted by molar-refractivity contribution is 7.76. The molecule has 1 nitrogen and oxygen atoms in total. The van der Waals surface area contributed by atoms with E-state index in [0.717, 1.165) is 5.56 Å². The summed E-state index contributed by atoms with van der Waals surface area (Å²) in [6.45, 7) is 2.22. The van der Waals surface area contributed by atoms with Crippen molar-refractivity contribution < 1.29 is 0 Å². The van der Waals surface area contributed by atoms with E-state index in [1.165, 1.54) is 15.9 Å². The first-order valence-corrected chi connectivity index (χ1v) is 11.0. The Kier molecular flexibility index (Phi) is 5.95. The zero-order chi connectivity index (χ0) is 19.2. The largest absolute Gasteiger partial charge is 0.289 e. The Hall–Kier alpha value is -2.76. The van der Waals surface area contributed by atoms with Crippen molar-refractivity contribution >= 4 is 24.7 Å². The summed E-state index contributed by atoms with van der Waals surface area (Å²) in [5.74, 6) is 0.325. The lowest BCUT2D eigenvalue weighted by molar-refractivity contribution is 0.637. The topological polar surface area (TPSA) is 12.4 Å². The molecule has 0 aliphatic heterocycles. The number of hydrogen-bond acceptors (Lipinski definition) is 1. The second-order valence-electron chi connectivity index (χ2n) is 6.94. The van der Waals surface area contributed by atoms with Gasteiger partial charge in [0.05, 0.1) is 6.04 Å². The zero-order valence-electron chi connectivity index (χ0n) is 16.0. The maximum Gasteiger partial charge on any atom is 0.0575 e. The van der Waals surface area contributed by atoms with E-state index in [0.29, 0.717) is 5.92 Å². The first-order chi connectivity index (χ1) is 13.8. The van der Waals surface area contributed by atoms with Gasteiger partial charge < -0.3 is 0 Å². The zero-order valence-corrected chi connectivity index (χ0v) is 16.9. The first-order valence-electron chi connectivity index (χ1n) is 9.70. The van der Waals surface area contributed by atoms with E-state index in [9.17, 15) is 0 Å². The van der Waals surface area contributed by atoms with Crippen LogP contribution < -0.4 is 10.6 Å². The highest BCUT2D eigenvalue weighted by Gasteiger charge is 2.29. The Morgan fingerprint density at radius 1 is 0.786 bits per heavy atom. The van der Waals surface area contributed by atoms with Crippen molar-refractivity contribution in [3.8, 4) is 0 Å². The van der Waals surface area contributed by atoms with E-state index in [4.69, 9.17) is 4.99 Å². The number of aliphatic imine (C=N–C) groups is 1. The van der Waals surface area contributed by atoms with Crippen LogP contribution in [0.15, 0.2) is 120 Å². The molecule has 1 aliphatic carbocycles. The third-order valence-electron chi connectivity index (χ3n) is 4.99. The van der Waals surface area contributed by atoms with Gasteiger partial charge in [0.1, 0.15) is 0 Å². The van der Waals surface area contributed by atoms with E-state index in [2.05, 4.69) is 110 Å². The third-order valence-corrected chi connectivity index (χ3v) is 7.58. The van der Waals surface area contributed by atoms with Crippen molar-refractivity contribution in [2.24, 2.45) is 10.9 Å². The van der Waals surface area contributed by atoms with Crippen LogP contribution in [-0.2, 0) is 0 Å². The molecule has 0 saturated heterocycles. The Morgan fingerprint density at radius 3 is 1.89 bits per heavy atom. The maximum atomic E-state index is 4.89. The minimum Gasteiger partial charge on any atom is -0.289 e. The molecular formula is C26H24NP. The molecule has 0 aromatic heterocycles. The summed E-state index contributed by atoms with van der Waals surface area (Å²) in [5.41, 5.74) is 1.15. The summed E-state index contributed by atoms with van der Waals surface area (Å²) in [5, 5.41) is 4.26. The second-order valence-corrected chi connectivity index (χ2v) is 9.16. The van der Waals surface area contributed by atoms with Crippen LogP contribution in [0.1, 0.15) is 12.5 Å². The Labute approximate surface area is 168 Å². The van der Waals surface area contributed by atoms with Gasteiger partial charge in [-0.3, -0.25) is 4.99 Å². The molecule has 1 aliphatic rings. The standard InChI is InChI=1S/C26H24NP/c1-21(27-20-22-12-5-2-6-13-22)25-18-11-19-26(25)28(23-14-7-3-8-15-23)24-16-9-4-10-17-24/h2-21,25H,1H3/t21-,25?/m1/s1. The first kappa shape index (κ1) is 18.6. The van der Waals surface area contributed by atoms with Gasteiger partial charge in [-0.2, -0.15) is 0 Å². The van der Waals surface area contributed by atoms with Crippen LogP contribution in [-0.4, -0.2) is 12.3 Å². The van der Waals surface area contributed by atoms with Crippen LogP contribution in [0.3, 0.4) is 0 Å². The van der Waals surface area contributed by atoms with Gasteiger partial charge in [0.25, 0.3) is 0 Å². The lowest BCUT2D eigenvalue weighted by Crippen LogP contribution is -2.20.